The molecule has 1 amide bonds. The first-order valence-electron chi connectivity index (χ1n) is 30.8. The first-order chi connectivity index (χ1) is 33.5. The SMILES string of the molecule is CCCCCCCCCCCCC/C=C\C/C=C\CCCCCCCCCCCCCCCCCC(O)CC(=O)NC(CO)C(O)/C=C/CCCCCCCCCCCCCCCCCCCC. The van der Waals surface area contributed by atoms with E-state index in [0.29, 0.717) is 6.42 Å². The zero-order chi connectivity index (χ0) is 49.3. The molecular weight excluding hydrogens is 835 g/mol. The molecule has 402 valence electrons. The Kier molecular flexibility index (Phi) is 56.9. The van der Waals surface area contributed by atoms with E-state index in [1.807, 2.05) is 6.08 Å². The number of carbonyl (C=O) groups is 1. The first-order valence-corrected chi connectivity index (χ1v) is 30.8. The minimum absolute atomic E-state index is 0.0155. The van der Waals surface area contributed by atoms with Gasteiger partial charge in [0.25, 0.3) is 0 Å². The molecule has 4 N–H and O–H groups in total. The Morgan fingerprint density at radius 3 is 0.971 bits per heavy atom. The van der Waals surface area contributed by atoms with Crippen molar-refractivity contribution in [2.45, 2.75) is 353 Å². The number of allylic oxidation sites excluding steroid dienone is 5. The van der Waals surface area contributed by atoms with E-state index in [-0.39, 0.29) is 18.9 Å². The highest BCUT2D eigenvalue weighted by Gasteiger charge is 2.20. The van der Waals surface area contributed by atoms with Crippen molar-refractivity contribution in [2.75, 3.05) is 6.61 Å². The fourth-order valence-electron chi connectivity index (χ4n) is 9.73. The fraction of sp³-hybridized carbons (Fsp3) is 0.889. The van der Waals surface area contributed by atoms with Gasteiger partial charge in [0, 0.05) is 0 Å². The molecule has 0 fully saturated rings. The summed E-state index contributed by atoms with van der Waals surface area (Å²) in [6, 6.07) is -0.745. The zero-order valence-electron chi connectivity index (χ0n) is 46.0. The topological polar surface area (TPSA) is 89.8 Å². The molecule has 0 rings (SSSR count). The monoisotopic (exact) mass is 956 g/mol. The van der Waals surface area contributed by atoms with E-state index in [2.05, 4.69) is 43.5 Å². The fourth-order valence-corrected chi connectivity index (χ4v) is 9.73. The summed E-state index contributed by atoms with van der Waals surface area (Å²) in [6.45, 7) is 4.25. The second-order valence-electron chi connectivity index (χ2n) is 21.3. The third-order valence-corrected chi connectivity index (χ3v) is 14.4. The highest BCUT2D eigenvalue weighted by Crippen LogP contribution is 2.18. The van der Waals surface area contributed by atoms with Gasteiger partial charge in [-0.15, -0.1) is 0 Å². The van der Waals surface area contributed by atoms with Crippen molar-refractivity contribution in [1.82, 2.24) is 5.32 Å². The number of carbonyl (C=O) groups excluding carboxylic acids is 1. The second kappa shape index (κ2) is 58.1. The van der Waals surface area contributed by atoms with Crippen LogP contribution in [0.1, 0.15) is 335 Å². The largest absolute Gasteiger partial charge is 0.394 e. The van der Waals surface area contributed by atoms with Crippen LogP contribution in [0.2, 0.25) is 0 Å². The quantitative estimate of drug-likeness (QED) is 0.0361. The van der Waals surface area contributed by atoms with Gasteiger partial charge < -0.3 is 20.6 Å². The molecule has 0 aliphatic rings. The minimum Gasteiger partial charge on any atom is -0.394 e. The number of aliphatic hydroxyl groups excluding tert-OH is 3. The smallest absolute Gasteiger partial charge is 0.222 e. The van der Waals surface area contributed by atoms with Crippen LogP contribution in [0, 0.1) is 0 Å². The standard InChI is InChI=1S/C63H121NO4/c1-3-5-7-9-11-13-15-17-19-21-23-25-26-27-28-29-30-31-32-33-34-35-36-37-38-40-42-44-46-48-50-52-54-56-60(66)58-63(68)64-61(59-65)62(67)57-55-53-51-49-47-45-43-41-39-24-22-20-18-16-14-12-10-8-6-4-2/h26-27,29-30,55,57,60-62,65-67H,3-25,28,31-54,56,58-59H2,1-2H3,(H,64,68)/b27-26-,30-29-,57-55+. The summed E-state index contributed by atoms with van der Waals surface area (Å²) in [7, 11) is 0. The lowest BCUT2D eigenvalue weighted by atomic mass is 10.0. The molecule has 0 spiro atoms. The van der Waals surface area contributed by atoms with Crippen molar-refractivity contribution < 1.29 is 20.1 Å². The number of amides is 1. The Hall–Kier alpha value is -1.43. The van der Waals surface area contributed by atoms with Gasteiger partial charge in [-0.2, -0.15) is 0 Å². The van der Waals surface area contributed by atoms with Crippen LogP contribution in [0.15, 0.2) is 36.5 Å². The molecule has 68 heavy (non-hydrogen) atoms. The van der Waals surface area contributed by atoms with Gasteiger partial charge >= 0.3 is 0 Å². The van der Waals surface area contributed by atoms with Gasteiger partial charge in [0.15, 0.2) is 0 Å². The van der Waals surface area contributed by atoms with E-state index in [9.17, 15) is 20.1 Å². The molecule has 3 atom stereocenters. The molecule has 0 aromatic carbocycles. The van der Waals surface area contributed by atoms with E-state index in [1.54, 1.807) is 6.08 Å². The third-order valence-electron chi connectivity index (χ3n) is 14.4. The first kappa shape index (κ1) is 66.6. The van der Waals surface area contributed by atoms with E-state index in [4.69, 9.17) is 0 Å². The second-order valence-corrected chi connectivity index (χ2v) is 21.3. The predicted molar refractivity (Wildman–Crippen MR) is 301 cm³/mol. The maximum Gasteiger partial charge on any atom is 0.222 e. The molecule has 0 heterocycles. The summed E-state index contributed by atoms with van der Waals surface area (Å²) in [5.41, 5.74) is 0. The van der Waals surface area contributed by atoms with Crippen LogP contribution >= 0.6 is 0 Å². The van der Waals surface area contributed by atoms with Crippen molar-refractivity contribution in [3.8, 4) is 0 Å². The lowest BCUT2D eigenvalue weighted by Gasteiger charge is -2.21. The van der Waals surface area contributed by atoms with Gasteiger partial charge in [0.2, 0.25) is 5.91 Å². The molecule has 0 aromatic rings. The van der Waals surface area contributed by atoms with Gasteiger partial charge in [0.05, 0.1) is 31.3 Å². The average molecular weight is 957 g/mol. The Morgan fingerprint density at radius 1 is 0.382 bits per heavy atom. The van der Waals surface area contributed by atoms with Crippen LogP contribution in [0.5, 0.6) is 0 Å². The summed E-state index contributed by atoms with van der Waals surface area (Å²) in [4.78, 5) is 12.5. The van der Waals surface area contributed by atoms with Gasteiger partial charge in [-0.05, 0) is 51.4 Å². The number of nitrogens with one attached hydrogen (secondary N) is 1. The van der Waals surface area contributed by atoms with E-state index in [0.717, 1.165) is 32.1 Å². The van der Waals surface area contributed by atoms with Crippen LogP contribution in [0.25, 0.3) is 0 Å². The molecule has 0 saturated carbocycles. The zero-order valence-corrected chi connectivity index (χ0v) is 46.0. The summed E-state index contributed by atoms with van der Waals surface area (Å²) < 4.78 is 0. The Labute approximate surface area is 425 Å². The van der Waals surface area contributed by atoms with Gasteiger partial charge in [0.1, 0.15) is 0 Å². The van der Waals surface area contributed by atoms with Crippen molar-refractivity contribution in [2.24, 2.45) is 0 Å². The molecule has 0 aliphatic carbocycles. The molecule has 0 aromatic heterocycles. The molecule has 5 nitrogen and oxygen atoms in total. The summed E-state index contributed by atoms with van der Waals surface area (Å²) >= 11 is 0. The molecule has 0 aliphatic heterocycles. The molecule has 5 heteroatoms. The van der Waals surface area contributed by atoms with Crippen molar-refractivity contribution in [3.05, 3.63) is 36.5 Å². The molecular formula is C63H121NO4. The van der Waals surface area contributed by atoms with Crippen molar-refractivity contribution >= 4 is 5.91 Å². The van der Waals surface area contributed by atoms with Crippen molar-refractivity contribution in [1.29, 1.82) is 0 Å². The summed E-state index contributed by atoms with van der Waals surface area (Å²) in [6.07, 6.45) is 76.4. The highest BCUT2D eigenvalue weighted by molar-refractivity contribution is 5.76. The number of hydrogen-bond donors (Lipinski definition) is 4. The average Bonchev–Trinajstić information content (AvgIpc) is 3.33. The molecule has 3 unspecified atom stereocenters. The molecule has 0 saturated heterocycles. The Morgan fingerprint density at radius 2 is 0.662 bits per heavy atom. The van der Waals surface area contributed by atoms with E-state index < -0.39 is 18.2 Å². The Bertz CT molecular complexity index is 1060. The predicted octanol–water partition coefficient (Wildman–Crippen LogP) is 19.4. The van der Waals surface area contributed by atoms with Crippen LogP contribution in [-0.4, -0.2) is 46.1 Å². The third kappa shape index (κ3) is 53.9. The van der Waals surface area contributed by atoms with Crippen LogP contribution < -0.4 is 5.32 Å². The maximum atomic E-state index is 12.5. The van der Waals surface area contributed by atoms with Crippen LogP contribution in [0.4, 0.5) is 0 Å². The number of aliphatic hydroxyl groups is 3. The highest BCUT2D eigenvalue weighted by atomic mass is 16.3. The van der Waals surface area contributed by atoms with Gasteiger partial charge in [-0.25, -0.2) is 0 Å². The lowest BCUT2D eigenvalue weighted by Crippen LogP contribution is -2.45. The number of rotatable bonds is 57. The van der Waals surface area contributed by atoms with E-state index in [1.165, 1.54) is 276 Å². The lowest BCUT2D eigenvalue weighted by molar-refractivity contribution is -0.124. The molecule has 0 bridgehead atoms. The maximum absolute atomic E-state index is 12.5. The normalized spacial score (nSPS) is 13.4. The minimum atomic E-state index is -0.929. The Balaban J connectivity index is 3.52. The van der Waals surface area contributed by atoms with Gasteiger partial charge in [-0.1, -0.05) is 314 Å². The van der Waals surface area contributed by atoms with E-state index >= 15 is 0 Å². The molecule has 0 radical (unpaired) electrons. The van der Waals surface area contributed by atoms with Gasteiger partial charge in [-0.3, -0.25) is 4.79 Å². The van der Waals surface area contributed by atoms with Crippen LogP contribution in [0.3, 0.4) is 0 Å². The number of hydrogen-bond acceptors (Lipinski definition) is 4. The summed E-state index contributed by atoms with van der Waals surface area (Å²) in [5, 5.41) is 33.5. The number of unbranched alkanes of at least 4 members (excludes halogenated alkanes) is 44. The van der Waals surface area contributed by atoms with Crippen LogP contribution in [-0.2, 0) is 4.79 Å². The summed E-state index contributed by atoms with van der Waals surface area (Å²) in [5.74, 6) is -0.311. The van der Waals surface area contributed by atoms with Crippen molar-refractivity contribution in [3.63, 3.8) is 0 Å².